The third kappa shape index (κ3) is 3.92. The topological polar surface area (TPSA) is 129 Å². The molecule has 9 nitrogen and oxygen atoms in total. The predicted molar refractivity (Wildman–Crippen MR) is 57.8 cm³/mol. The van der Waals surface area contributed by atoms with E-state index < -0.39 is 46.2 Å². The molecular formula is C9H10N3NaO6S. The Morgan fingerprint density at radius 3 is 2.60 bits per heavy atom. The molecule has 2 aliphatic heterocycles. The van der Waals surface area contributed by atoms with Crippen molar-refractivity contribution >= 4 is 28.9 Å². The van der Waals surface area contributed by atoms with Crippen molar-refractivity contribution in [3.8, 4) is 0 Å². The van der Waals surface area contributed by atoms with Crippen LogP contribution in [0.1, 0.15) is 26.2 Å². The summed E-state index contributed by atoms with van der Waals surface area (Å²) in [4.78, 5) is 38.9. The molecule has 0 bridgehead atoms. The summed E-state index contributed by atoms with van der Waals surface area (Å²) in [5.41, 5.74) is -0.586. The molecule has 0 spiro atoms. The van der Waals surface area contributed by atoms with Gasteiger partial charge in [0.15, 0.2) is 5.66 Å². The standard InChI is InChI=1S/C9H11N3O6S.Na/c1-9(10-11-9)3-2-7(14)18-12-6(13)4-5(8(12)15)19(16)17;/h5H,2-4H2,1H3,(H,16,17);/q;+1/p-1. The van der Waals surface area contributed by atoms with Crippen LogP contribution in [-0.4, -0.2) is 42.5 Å². The number of hydroxylamine groups is 2. The molecule has 104 valence electrons. The largest absolute Gasteiger partial charge is 1.00 e. The van der Waals surface area contributed by atoms with E-state index in [9.17, 15) is 23.1 Å². The number of hydrogen-bond acceptors (Lipinski definition) is 8. The zero-order valence-corrected chi connectivity index (χ0v) is 13.7. The van der Waals surface area contributed by atoms with Gasteiger partial charge in [-0.1, -0.05) is 0 Å². The molecule has 0 aliphatic carbocycles. The van der Waals surface area contributed by atoms with Gasteiger partial charge in [-0.15, -0.1) is 5.06 Å². The Morgan fingerprint density at radius 1 is 1.55 bits per heavy atom. The van der Waals surface area contributed by atoms with Crippen LogP contribution in [0.4, 0.5) is 0 Å². The molecule has 2 atom stereocenters. The summed E-state index contributed by atoms with van der Waals surface area (Å²) in [5.74, 6) is -2.70. The summed E-state index contributed by atoms with van der Waals surface area (Å²) in [7, 11) is 0. The predicted octanol–water partition coefficient (Wildman–Crippen LogP) is -3.58. The minimum absolute atomic E-state index is 0. The maximum atomic E-state index is 11.5. The van der Waals surface area contributed by atoms with Crippen molar-refractivity contribution in [3.63, 3.8) is 0 Å². The monoisotopic (exact) mass is 311 g/mol. The molecule has 0 aromatic carbocycles. The van der Waals surface area contributed by atoms with Gasteiger partial charge in [-0.3, -0.25) is 13.8 Å². The molecule has 0 N–H and O–H groups in total. The summed E-state index contributed by atoms with van der Waals surface area (Å²) in [6.07, 6.45) is -0.282. The van der Waals surface area contributed by atoms with E-state index in [1.165, 1.54) is 0 Å². The van der Waals surface area contributed by atoms with Crippen molar-refractivity contribution in [2.45, 2.75) is 37.1 Å². The zero-order chi connectivity index (χ0) is 14.2. The van der Waals surface area contributed by atoms with E-state index in [1.54, 1.807) is 6.92 Å². The maximum absolute atomic E-state index is 11.5. The van der Waals surface area contributed by atoms with Crippen LogP contribution in [0.15, 0.2) is 10.2 Å². The van der Waals surface area contributed by atoms with Crippen LogP contribution < -0.4 is 29.6 Å². The molecule has 11 heteroatoms. The molecular weight excluding hydrogens is 301 g/mol. The Bertz CT molecular complexity index is 504. The van der Waals surface area contributed by atoms with Crippen molar-refractivity contribution in [3.05, 3.63) is 0 Å². The van der Waals surface area contributed by atoms with E-state index in [-0.39, 0.29) is 41.0 Å². The van der Waals surface area contributed by atoms with Crippen molar-refractivity contribution in [1.82, 2.24) is 5.06 Å². The number of carbonyl (C=O) groups excluding carboxylic acids is 3. The molecule has 2 aliphatic rings. The Kier molecular flexibility index (Phi) is 5.55. The number of hydrogen-bond donors (Lipinski definition) is 0. The zero-order valence-electron chi connectivity index (χ0n) is 10.9. The third-order valence-corrected chi connectivity index (χ3v) is 3.56. The van der Waals surface area contributed by atoms with E-state index in [0.717, 1.165) is 0 Å². The van der Waals surface area contributed by atoms with Crippen LogP contribution in [0.2, 0.25) is 0 Å². The molecule has 2 heterocycles. The summed E-state index contributed by atoms with van der Waals surface area (Å²) < 4.78 is 21.4. The first-order valence-electron chi connectivity index (χ1n) is 5.42. The van der Waals surface area contributed by atoms with Gasteiger partial charge in [0.05, 0.1) is 12.8 Å². The van der Waals surface area contributed by atoms with Crippen LogP contribution in [0.3, 0.4) is 0 Å². The summed E-state index contributed by atoms with van der Waals surface area (Å²) in [5, 5.41) is 6.12. The molecule has 2 unspecified atom stereocenters. The SMILES string of the molecule is CC1(CCC(=O)ON2C(=O)CC(S(=O)[O-])C2=O)N=N1.[Na+]. The van der Waals surface area contributed by atoms with Crippen molar-refractivity contribution in [2.75, 3.05) is 0 Å². The van der Waals surface area contributed by atoms with Gasteiger partial charge in [0.25, 0.3) is 11.8 Å². The average Bonchev–Trinajstić information content (AvgIpc) is 3.01. The Labute approximate surface area is 138 Å². The molecule has 0 aromatic rings. The summed E-state index contributed by atoms with van der Waals surface area (Å²) >= 11 is -2.72. The normalized spacial score (nSPS) is 24.3. The average molecular weight is 311 g/mol. The molecule has 0 aromatic heterocycles. The van der Waals surface area contributed by atoms with Gasteiger partial charge in [0.1, 0.15) is 5.25 Å². The second-order valence-corrected chi connectivity index (χ2v) is 5.45. The molecule has 2 amide bonds. The van der Waals surface area contributed by atoms with Gasteiger partial charge in [0, 0.05) is 6.42 Å². The fourth-order valence-corrected chi connectivity index (χ4v) is 2.04. The molecule has 0 saturated carbocycles. The minimum Gasteiger partial charge on any atom is -0.772 e. The van der Waals surface area contributed by atoms with Crippen molar-refractivity contribution in [1.29, 1.82) is 0 Å². The van der Waals surface area contributed by atoms with Gasteiger partial charge in [-0.25, -0.2) is 4.79 Å². The van der Waals surface area contributed by atoms with Gasteiger partial charge in [-0.05, 0) is 18.0 Å². The van der Waals surface area contributed by atoms with Gasteiger partial charge >= 0.3 is 35.5 Å². The number of imide groups is 1. The smallest absolute Gasteiger partial charge is 0.772 e. The van der Waals surface area contributed by atoms with E-state index >= 15 is 0 Å². The number of nitrogens with zero attached hydrogens (tertiary/aromatic N) is 3. The first-order chi connectivity index (χ1) is 8.82. The van der Waals surface area contributed by atoms with Crippen LogP contribution in [-0.2, 0) is 30.3 Å². The first kappa shape index (κ1) is 17.4. The summed E-state index contributed by atoms with van der Waals surface area (Å²) in [6, 6.07) is 0. The number of rotatable bonds is 5. The van der Waals surface area contributed by atoms with Gasteiger partial charge < -0.3 is 9.39 Å². The third-order valence-electron chi connectivity index (χ3n) is 2.73. The van der Waals surface area contributed by atoms with E-state index in [4.69, 9.17) is 0 Å². The van der Waals surface area contributed by atoms with Gasteiger partial charge in [0.2, 0.25) is 0 Å². The molecule has 2 rings (SSSR count). The Hall–Kier alpha value is -0.680. The second kappa shape index (κ2) is 6.39. The fourth-order valence-electron chi connectivity index (χ4n) is 1.50. The second-order valence-electron chi connectivity index (χ2n) is 4.36. The fraction of sp³-hybridized carbons (Fsp3) is 0.667. The minimum atomic E-state index is -2.72. The molecule has 0 radical (unpaired) electrons. The van der Waals surface area contributed by atoms with Crippen molar-refractivity contribution in [2.24, 2.45) is 10.2 Å². The quantitative estimate of drug-likeness (QED) is 0.293. The van der Waals surface area contributed by atoms with Gasteiger partial charge in [-0.2, -0.15) is 10.2 Å². The van der Waals surface area contributed by atoms with E-state index in [0.29, 0.717) is 6.42 Å². The van der Waals surface area contributed by atoms with E-state index in [1.807, 2.05) is 0 Å². The van der Waals surface area contributed by atoms with E-state index in [2.05, 4.69) is 15.1 Å². The van der Waals surface area contributed by atoms with Crippen molar-refractivity contribution < 1.29 is 57.5 Å². The van der Waals surface area contributed by atoms with Crippen LogP contribution in [0.25, 0.3) is 0 Å². The maximum Gasteiger partial charge on any atom is 1.00 e. The van der Waals surface area contributed by atoms with Crippen LogP contribution in [0, 0.1) is 0 Å². The molecule has 1 fully saturated rings. The first-order valence-corrected chi connectivity index (χ1v) is 6.56. The van der Waals surface area contributed by atoms with Crippen LogP contribution >= 0.6 is 0 Å². The number of amides is 2. The molecule has 1 saturated heterocycles. The Balaban J connectivity index is 0.00000200. The number of carbonyl (C=O) groups is 3. The van der Waals surface area contributed by atoms with Crippen LogP contribution in [0.5, 0.6) is 0 Å². The molecule has 20 heavy (non-hydrogen) atoms. The Morgan fingerprint density at radius 2 is 2.15 bits per heavy atom. The summed E-state index contributed by atoms with van der Waals surface area (Å²) in [6.45, 7) is 1.71.